The molecule has 7 nitrogen and oxygen atoms in total. The number of aliphatic hydroxyl groups excluding tert-OH is 1. The van der Waals surface area contributed by atoms with Crippen molar-refractivity contribution in [1.29, 1.82) is 0 Å². The molecule has 31 heavy (non-hydrogen) atoms. The highest BCUT2D eigenvalue weighted by Gasteiger charge is 2.32. The second-order valence-electron chi connectivity index (χ2n) is 7.64. The van der Waals surface area contributed by atoms with Crippen LogP contribution in [0.4, 0.5) is 4.39 Å². The Morgan fingerprint density at radius 1 is 1.16 bits per heavy atom. The molecular formula is C23H25FN4O3. The molecule has 1 saturated heterocycles. The maximum absolute atomic E-state index is 13.9. The van der Waals surface area contributed by atoms with Crippen LogP contribution in [0.15, 0.2) is 60.8 Å². The molecule has 3 atom stereocenters. The molecule has 2 N–H and O–H groups in total. The molecule has 0 spiro atoms. The van der Waals surface area contributed by atoms with E-state index in [1.54, 1.807) is 10.7 Å². The topological polar surface area (TPSA) is 89.3 Å². The lowest BCUT2D eigenvalue weighted by atomic mass is 9.96. The standard InChI is InChI=1S/C23H25FN4O3/c24-19-9-5-4-8-18(19)23(30)25-20-11-10-17(31-22(20)15-29)12-13-28-14-21(26-27-28)16-6-2-1-3-7-16/h1-9,14,17,20,22,29H,10-13,15H2,(H,25,30)/t17-,20-,22+/m1/s1. The number of halogens is 1. The zero-order valence-electron chi connectivity index (χ0n) is 17.0. The Bertz CT molecular complexity index is 1010. The van der Waals surface area contributed by atoms with E-state index in [2.05, 4.69) is 15.6 Å². The van der Waals surface area contributed by atoms with Gasteiger partial charge < -0.3 is 15.2 Å². The van der Waals surface area contributed by atoms with Gasteiger partial charge in [0.2, 0.25) is 0 Å². The summed E-state index contributed by atoms with van der Waals surface area (Å²) in [6.07, 6.45) is 3.37. The number of amides is 1. The molecule has 0 saturated carbocycles. The highest BCUT2D eigenvalue weighted by Crippen LogP contribution is 2.23. The van der Waals surface area contributed by atoms with Crippen molar-refractivity contribution in [2.24, 2.45) is 0 Å². The summed E-state index contributed by atoms with van der Waals surface area (Å²) in [6.45, 7) is 0.412. The van der Waals surface area contributed by atoms with Crippen LogP contribution in [0.1, 0.15) is 29.6 Å². The molecule has 2 aromatic carbocycles. The highest BCUT2D eigenvalue weighted by molar-refractivity contribution is 5.94. The van der Waals surface area contributed by atoms with Crippen LogP contribution in [0.2, 0.25) is 0 Å². The van der Waals surface area contributed by atoms with E-state index in [1.165, 1.54) is 18.2 Å². The van der Waals surface area contributed by atoms with Gasteiger partial charge in [-0.05, 0) is 31.4 Å². The van der Waals surface area contributed by atoms with E-state index in [4.69, 9.17) is 4.74 Å². The Balaban J connectivity index is 1.30. The van der Waals surface area contributed by atoms with E-state index < -0.39 is 17.8 Å². The van der Waals surface area contributed by atoms with Gasteiger partial charge in [-0.1, -0.05) is 47.7 Å². The number of ether oxygens (including phenoxy) is 1. The Labute approximate surface area is 179 Å². The van der Waals surface area contributed by atoms with Gasteiger partial charge in [0, 0.05) is 12.1 Å². The number of nitrogens with zero attached hydrogens (tertiary/aromatic N) is 3. The summed E-state index contributed by atoms with van der Waals surface area (Å²) in [5.74, 6) is -1.07. The van der Waals surface area contributed by atoms with Crippen molar-refractivity contribution in [3.8, 4) is 11.3 Å². The molecule has 0 aliphatic carbocycles. The molecule has 2 heterocycles. The smallest absolute Gasteiger partial charge is 0.254 e. The van der Waals surface area contributed by atoms with Gasteiger partial charge in [-0.25, -0.2) is 4.39 Å². The molecule has 162 valence electrons. The maximum Gasteiger partial charge on any atom is 0.254 e. The minimum atomic E-state index is -0.571. The fraction of sp³-hybridized carbons (Fsp3) is 0.348. The van der Waals surface area contributed by atoms with E-state index >= 15 is 0 Å². The van der Waals surface area contributed by atoms with E-state index in [-0.39, 0.29) is 24.3 Å². The third kappa shape index (κ3) is 5.15. The van der Waals surface area contributed by atoms with Crippen LogP contribution < -0.4 is 5.32 Å². The van der Waals surface area contributed by atoms with Crippen molar-refractivity contribution in [3.63, 3.8) is 0 Å². The molecule has 4 rings (SSSR count). The summed E-state index contributed by atoms with van der Waals surface area (Å²) in [6, 6.07) is 15.3. The van der Waals surface area contributed by atoms with Crippen LogP contribution in [-0.4, -0.2) is 50.9 Å². The van der Waals surface area contributed by atoms with Crippen molar-refractivity contribution in [2.75, 3.05) is 6.61 Å². The van der Waals surface area contributed by atoms with Gasteiger partial charge >= 0.3 is 0 Å². The number of rotatable bonds is 7. The average Bonchev–Trinajstić information content (AvgIpc) is 3.28. The van der Waals surface area contributed by atoms with Gasteiger partial charge in [0.25, 0.3) is 5.91 Å². The normalized spacial score (nSPS) is 21.0. The summed E-state index contributed by atoms with van der Waals surface area (Å²) in [7, 11) is 0. The zero-order chi connectivity index (χ0) is 21.6. The molecular weight excluding hydrogens is 399 g/mol. The van der Waals surface area contributed by atoms with E-state index in [0.29, 0.717) is 19.4 Å². The lowest BCUT2D eigenvalue weighted by Gasteiger charge is -2.36. The number of aliphatic hydroxyl groups is 1. The van der Waals surface area contributed by atoms with Gasteiger partial charge in [0.1, 0.15) is 17.6 Å². The fourth-order valence-corrected chi connectivity index (χ4v) is 3.83. The second kappa shape index (κ2) is 9.80. The predicted molar refractivity (Wildman–Crippen MR) is 113 cm³/mol. The first kappa shape index (κ1) is 21.1. The second-order valence-corrected chi connectivity index (χ2v) is 7.64. The maximum atomic E-state index is 13.9. The third-order valence-electron chi connectivity index (χ3n) is 5.52. The first-order valence-electron chi connectivity index (χ1n) is 10.4. The van der Waals surface area contributed by atoms with Crippen LogP contribution in [0, 0.1) is 5.82 Å². The number of carbonyl (C=O) groups is 1. The SMILES string of the molecule is O=C(N[C@@H]1CC[C@H](CCn2cc(-c3ccccc3)nn2)O[C@H]1CO)c1ccccc1F. The van der Waals surface area contributed by atoms with Gasteiger partial charge in [0.15, 0.2) is 0 Å². The summed E-state index contributed by atoms with van der Waals surface area (Å²) < 4.78 is 21.6. The van der Waals surface area contributed by atoms with Gasteiger partial charge in [-0.2, -0.15) is 0 Å². The van der Waals surface area contributed by atoms with Crippen molar-refractivity contribution >= 4 is 5.91 Å². The molecule has 8 heteroatoms. The van der Waals surface area contributed by atoms with Crippen LogP contribution in [0.25, 0.3) is 11.3 Å². The number of aryl methyl sites for hydroxylation is 1. The minimum Gasteiger partial charge on any atom is -0.394 e. The minimum absolute atomic E-state index is 0.0123. The van der Waals surface area contributed by atoms with E-state index in [1.807, 2.05) is 36.5 Å². The van der Waals surface area contributed by atoms with Crippen LogP contribution in [-0.2, 0) is 11.3 Å². The third-order valence-corrected chi connectivity index (χ3v) is 5.52. The van der Waals surface area contributed by atoms with Gasteiger partial charge in [-0.15, -0.1) is 5.10 Å². The van der Waals surface area contributed by atoms with Crippen molar-refractivity contribution in [2.45, 2.75) is 44.1 Å². The molecule has 1 aliphatic rings. The molecule has 0 unspecified atom stereocenters. The first-order valence-corrected chi connectivity index (χ1v) is 10.4. The summed E-state index contributed by atoms with van der Waals surface area (Å²) in [5.41, 5.74) is 1.81. The molecule has 0 bridgehead atoms. The monoisotopic (exact) mass is 424 g/mol. The van der Waals surface area contributed by atoms with Crippen molar-refractivity contribution < 1.29 is 19.0 Å². The van der Waals surface area contributed by atoms with Crippen LogP contribution >= 0.6 is 0 Å². The van der Waals surface area contributed by atoms with Crippen LogP contribution in [0.5, 0.6) is 0 Å². The fourth-order valence-electron chi connectivity index (χ4n) is 3.83. The molecule has 1 fully saturated rings. The largest absolute Gasteiger partial charge is 0.394 e. The average molecular weight is 424 g/mol. The van der Waals surface area contributed by atoms with E-state index in [0.717, 1.165) is 17.7 Å². The molecule has 0 radical (unpaired) electrons. The number of hydrogen-bond acceptors (Lipinski definition) is 5. The Morgan fingerprint density at radius 3 is 2.71 bits per heavy atom. The quantitative estimate of drug-likeness (QED) is 0.609. The van der Waals surface area contributed by atoms with Crippen molar-refractivity contribution in [1.82, 2.24) is 20.3 Å². The van der Waals surface area contributed by atoms with E-state index in [9.17, 15) is 14.3 Å². The Hall–Kier alpha value is -3.10. The number of nitrogens with one attached hydrogen (secondary N) is 1. The summed E-state index contributed by atoms with van der Waals surface area (Å²) >= 11 is 0. The lowest BCUT2D eigenvalue weighted by molar-refractivity contribution is -0.0912. The molecule has 1 aromatic heterocycles. The molecule has 1 aliphatic heterocycles. The van der Waals surface area contributed by atoms with Gasteiger partial charge in [0.05, 0.1) is 30.5 Å². The first-order chi connectivity index (χ1) is 15.1. The Morgan fingerprint density at radius 2 is 1.94 bits per heavy atom. The predicted octanol–water partition coefficient (Wildman–Crippen LogP) is 2.81. The summed E-state index contributed by atoms with van der Waals surface area (Å²) in [4.78, 5) is 12.4. The van der Waals surface area contributed by atoms with Gasteiger partial charge in [-0.3, -0.25) is 9.48 Å². The lowest BCUT2D eigenvalue weighted by Crippen LogP contribution is -2.51. The summed E-state index contributed by atoms with van der Waals surface area (Å²) in [5, 5.41) is 21.0. The van der Waals surface area contributed by atoms with Crippen molar-refractivity contribution in [3.05, 3.63) is 72.2 Å². The zero-order valence-corrected chi connectivity index (χ0v) is 17.0. The molecule has 1 amide bonds. The van der Waals surface area contributed by atoms with Crippen LogP contribution in [0.3, 0.4) is 0 Å². The molecule has 3 aromatic rings. The number of aromatic nitrogens is 3. The number of benzene rings is 2. The number of carbonyl (C=O) groups excluding carboxylic acids is 1. The number of hydrogen-bond donors (Lipinski definition) is 2. The Kier molecular flexibility index (Phi) is 6.69. The highest BCUT2D eigenvalue weighted by atomic mass is 19.1.